The minimum absolute atomic E-state index is 0.0418. The Hall–Kier alpha value is -4.34. The highest BCUT2D eigenvalue weighted by Gasteiger charge is 2.31. The van der Waals surface area contributed by atoms with E-state index in [1.54, 1.807) is 47.9 Å². The second-order valence-electron chi connectivity index (χ2n) is 7.63. The van der Waals surface area contributed by atoms with Crippen LogP contribution in [0, 0.1) is 5.82 Å². The van der Waals surface area contributed by atoms with Gasteiger partial charge < -0.3 is 0 Å². The first-order valence-corrected chi connectivity index (χ1v) is 10.5. The van der Waals surface area contributed by atoms with Crippen LogP contribution in [0.25, 0.3) is 22.4 Å². The van der Waals surface area contributed by atoms with E-state index < -0.39 is 17.4 Å². The van der Waals surface area contributed by atoms with Gasteiger partial charge in [-0.2, -0.15) is 0 Å². The maximum atomic E-state index is 13.4. The van der Waals surface area contributed by atoms with Crippen molar-refractivity contribution in [2.24, 2.45) is 0 Å². The molecule has 1 fully saturated rings. The van der Waals surface area contributed by atoms with Crippen molar-refractivity contribution in [3.63, 3.8) is 0 Å². The first kappa shape index (κ1) is 20.6. The maximum absolute atomic E-state index is 13.4. The average Bonchev–Trinajstić information content (AvgIpc) is 3.52. The van der Waals surface area contributed by atoms with E-state index in [0.717, 1.165) is 6.42 Å². The lowest BCUT2D eigenvalue weighted by Crippen LogP contribution is -2.45. The van der Waals surface area contributed by atoms with E-state index in [1.807, 2.05) is 5.01 Å². The van der Waals surface area contributed by atoms with Gasteiger partial charge >= 0.3 is 0 Å². The first-order chi connectivity index (χ1) is 16.1. The van der Waals surface area contributed by atoms with Gasteiger partial charge in [0, 0.05) is 36.9 Å². The fourth-order valence-electron chi connectivity index (χ4n) is 4.03. The van der Waals surface area contributed by atoms with Gasteiger partial charge in [0.25, 0.3) is 11.5 Å². The molecule has 0 unspecified atom stereocenters. The summed E-state index contributed by atoms with van der Waals surface area (Å²) in [7, 11) is 0. The Morgan fingerprint density at radius 2 is 1.85 bits per heavy atom. The smallest absolute Gasteiger partial charge is 0.260 e. The summed E-state index contributed by atoms with van der Waals surface area (Å²) in [5.74, 6) is -0.642. The van der Waals surface area contributed by atoms with Crippen LogP contribution in [0.15, 0.2) is 72.3 Å². The van der Waals surface area contributed by atoms with Crippen LogP contribution in [0.1, 0.15) is 12.8 Å². The lowest BCUT2D eigenvalue weighted by molar-refractivity contribution is -0.117. The highest BCUT2D eigenvalue weighted by Crippen LogP contribution is 2.28. The van der Waals surface area contributed by atoms with Crippen LogP contribution in [0.2, 0.25) is 0 Å². The van der Waals surface area contributed by atoms with Gasteiger partial charge in [-0.3, -0.25) is 34.6 Å². The van der Waals surface area contributed by atoms with E-state index in [1.165, 1.54) is 24.3 Å². The number of halogens is 1. The van der Waals surface area contributed by atoms with E-state index in [9.17, 15) is 14.0 Å². The number of anilines is 1. The Labute approximate surface area is 187 Å². The molecule has 10 heteroatoms. The van der Waals surface area contributed by atoms with Gasteiger partial charge in [0.05, 0.1) is 11.3 Å². The van der Waals surface area contributed by atoms with Crippen molar-refractivity contribution < 1.29 is 9.18 Å². The predicted octanol–water partition coefficient (Wildman–Crippen LogP) is 2.57. The molecule has 0 aliphatic carbocycles. The van der Waals surface area contributed by atoms with Crippen LogP contribution in [-0.4, -0.2) is 43.1 Å². The zero-order valence-corrected chi connectivity index (χ0v) is 17.5. The number of nitrogens with one attached hydrogen (secondary N) is 2. The van der Waals surface area contributed by atoms with Crippen LogP contribution in [-0.2, 0) is 4.79 Å². The maximum Gasteiger partial charge on any atom is 0.260 e. The molecule has 166 valence electrons. The molecule has 3 aromatic heterocycles. The third-order valence-electron chi connectivity index (χ3n) is 5.56. The van der Waals surface area contributed by atoms with Crippen LogP contribution >= 0.6 is 0 Å². The topological polar surface area (TPSA) is 109 Å². The Morgan fingerprint density at radius 1 is 1.06 bits per heavy atom. The van der Waals surface area contributed by atoms with Gasteiger partial charge in [-0.05, 0) is 42.7 Å². The monoisotopic (exact) mass is 445 g/mol. The highest BCUT2D eigenvalue weighted by atomic mass is 19.1. The molecule has 4 aromatic rings. The molecule has 1 saturated heterocycles. The van der Waals surface area contributed by atoms with Gasteiger partial charge in [-0.1, -0.05) is 12.1 Å². The largest absolute Gasteiger partial charge is 0.299 e. The molecule has 0 radical (unpaired) electrons. The van der Waals surface area contributed by atoms with Gasteiger partial charge in [-0.25, -0.2) is 14.4 Å². The number of aromatic amines is 1. The number of aromatic nitrogens is 5. The van der Waals surface area contributed by atoms with Crippen molar-refractivity contribution in [3.8, 4) is 22.4 Å². The second-order valence-corrected chi connectivity index (χ2v) is 7.63. The molecule has 4 heterocycles. The molecule has 1 aliphatic heterocycles. The molecule has 33 heavy (non-hydrogen) atoms. The van der Waals surface area contributed by atoms with Crippen LogP contribution in [0.5, 0.6) is 0 Å². The molecular formula is C23H20FN7O2. The Bertz CT molecular complexity index is 1320. The molecular weight excluding hydrogens is 425 g/mol. The number of carbonyl (C=O) groups is 1. The molecule has 1 aromatic carbocycles. The van der Waals surface area contributed by atoms with Gasteiger partial charge in [0.2, 0.25) is 5.95 Å². The summed E-state index contributed by atoms with van der Waals surface area (Å²) in [6.07, 6.45) is 9.78. The summed E-state index contributed by atoms with van der Waals surface area (Å²) in [4.78, 5) is 41.4. The van der Waals surface area contributed by atoms with Crippen molar-refractivity contribution in [2.75, 3.05) is 16.9 Å². The number of H-pyrrole nitrogens is 1. The lowest BCUT2D eigenvalue weighted by atomic mass is 10.0. The van der Waals surface area contributed by atoms with E-state index in [4.69, 9.17) is 0 Å². The van der Waals surface area contributed by atoms with Crippen LogP contribution in [0.3, 0.4) is 0 Å². The van der Waals surface area contributed by atoms with Crippen molar-refractivity contribution >= 4 is 11.9 Å². The van der Waals surface area contributed by atoms with Crippen LogP contribution < -0.4 is 15.9 Å². The van der Waals surface area contributed by atoms with Crippen LogP contribution in [0.4, 0.5) is 10.3 Å². The molecule has 1 aliphatic rings. The summed E-state index contributed by atoms with van der Waals surface area (Å²) in [6.45, 7) is 0.712. The normalized spacial score (nSPS) is 15.5. The second kappa shape index (κ2) is 8.65. The average molecular weight is 445 g/mol. The number of imidazole rings is 1. The van der Waals surface area contributed by atoms with Crippen molar-refractivity contribution in [2.45, 2.75) is 18.9 Å². The summed E-state index contributed by atoms with van der Waals surface area (Å²) in [6, 6.07) is 8.62. The van der Waals surface area contributed by atoms with Gasteiger partial charge in [0.1, 0.15) is 18.2 Å². The lowest BCUT2D eigenvalue weighted by Gasteiger charge is -2.26. The van der Waals surface area contributed by atoms with Gasteiger partial charge in [0.15, 0.2) is 0 Å². The highest BCUT2D eigenvalue weighted by molar-refractivity contribution is 5.95. The summed E-state index contributed by atoms with van der Waals surface area (Å²) in [5.41, 5.74) is 1.35. The quantitative estimate of drug-likeness (QED) is 0.489. The number of hydrogen-bond donors (Lipinski definition) is 2. The molecule has 9 nitrogen and oxygen atoms in total. The number of carbonyl (C=O) groups excluding carboxylic acids is 1. The summed E-state index contributed by atoms with van der Waals surface area (Å²) < 4.78 is 15.2. The third-order valence-corrected chi connectivity index (χ3v) is 5.56. The van der Waals surface area contributed by atoms with Gasteiger partial charge in [-0.15, -0.1) is 0 Å². The zero-order valence-electron chi connectivity index (χ0n) is 17.5. The van der Waals surface area contributed by atoms with Crippen molar-refractivity contribution in [1.29, 1.82) is 0 Å². The summed E-state index contributed by atoms with van der Waals surface area (Å²) in [5, 5.41) is 4.67. The molecule has 0 bridgehead atoms. The zero-order chi connectivity index (χ0) is 22.8. The molecule has 1 atom stereocenters. The fraction of sp³-hybridized carbons (Fsp3) is 0.174. The SMILES string of the molecule is O=C(Nc1nc(-c2ccncc2)c(-c2ccc(F)cc2)c(=O)[nH]1)[C@@H]1CCCN1n1ccnc1. The van der Waals surface area contributed by atoms with Crippen molar-refractivity contribution in [3.05, 3.63) is 83.7 Å². The van der Waals surface area contributed by atoms with E-state index in [2.05, 4.69) is 25.3 Å². The van der Waals surface area contributed by atoms with E-state index in [-0.39, 0.29) is 17.4 Å². The first-order valence-electron chi connectivity index (χ1n) is 10.5. The molecule has 0 saturated carbocycles. The number of pyridine rings is 1. The number of hydrogen-bond acceptors (Lipinski definition) is 6. The van der Waals surface area contributed by atoms with Crippen molar-refractivity contribution in [1.82, 2.24) is 24.6 Å². The molecule has 2 N–H and O–H groups in total. The number of nitrogens with zero attached hydrogens (tertiary/aromatic N) is 5. The fourth-order valence-corrected chi connectivity index (χ4v) is 4.03. The van der Waals surface area contributed by atoms with E-state index in [0.29, 0.717) is 29.8 Å². The Balaban J connectivity index is 1.51. The Kier molecular flexibility index (Phi) is 5.39. The molecule has 0 spiro atoms. The molecule has 1 amide bonds. The Morgan fingerprint density at radius 3 is 2.58 bits per heavy atom. The summed E-state index contributed by atoms with van der Waals surface area (Å²) >= 11 is 0. The minimum atomic E-state index is -0.448. The minimum Gasteiger partial charge on any atom is -0.299 e. The predicted molar refractivity (Wildman–Crippen MR) is 120 cm³/mol. The number of benzene rings is 1. The number of amides is 1. The molecule has 5 rings (SSSR count). The standard InChI is InChI=1S/C23H20FN7O2/c24-17-5-3-15(4-6-17)19-20(16-7-9-25-10-8-16)27-23(29-22(19)33)28-21(32)18-2-1-12-31(18)30-13-11-26-14-30/h3-11,13-14,18H,1-2,12H2,(H2,27,28,29,32,33)/t18-/m0/s1. The van der Waals surface area contributed by atoms with E-state index >= 15 is 0 Å². The third kappa shape index (κ3) is 4.10. The number of rotatable bonds is 5.